The first kappa shape index (κ1) is 14.7. The molecule has 2 aromatic rings. The molecule has 1 amide bonds. The normalized spacial score (nSPS) is 17.2. The quantitative estimate of drug-likeness (QED) is 0.880. The molecule has 1 unspecified atom stereocenters. The highest BCUT2D eigenvalue weighted by molar-refractivity contribution is 5.89. The summed E-state index contributed by atoms with van der Waals surface area (Å²) >= 11 is 0. The van der Waals surface area contributed by atoms with Crippen LogP contribution in [0.1, 0.15) is 44.8 Å². The fraction of sp³-hybridized carbons (Fsp3) is 0.500. The fourth-order valence-electron chi connectivity index (χ4n) is 2.57. The van der Waals surface area contributed by atoms with Gasteiger partial charge in [0.15, 0.2) is 5.82 Å². The molecular formula is C16H21N5O. The molecule has 116 valence electrons. The van der Waals surface area contributed by atoms with Crippen LogP contribution in [-0.2, 0) is 16.6 Å². The Balaban J connectivity index is 2.05. The molecule has 22 heavy (non-hydrogen) atoms. The zero-order chi connectivity index (χ0) is 15.7. The molecule has 1 saturated carbocycles. The molecule has 6 nitrogen and oxygen atoms in total. The van der Waals surface area contributed by atoms with Crippen LogP contribution < -0.4 is 5.73 Å². The maximum Gasteiger partial charge on any atom is 0.231 e. The van der Waals surface area contributed by atoms with E-state index in [1.807, 2.05) is 12.1 Å². The van der Waals surface area contributed by atoms with Gasteiger partial charge in [-0.1, -0.05) is 20.3 Å². The van der Waals surface area contributed by atoms with Gasteiger partial charge < -0.3 is 5.73 Å². The number of carbonyl (C=O) groups excluding carboxylic acids is 1. The second-order valence-electron chi connectivity index (χ2n) is 6.14. The van der Waals surface area contributed by atoms with Gasteiger partial charge in [-0.3, -0.25) is 9.78 Å². The molecule has 0 saturated heterocycles. The van der Waals surface area contributed by atoms with Crippen molar-refractivity contribution in [2.24, 2.45) is 11.7 Å². The topological polar surface area (TPSA) is 86.7 Å². The van der Waals surface area contributed by atoms with E-state index in [9.17, 15) is 4.79 Å². The molecule has 2 N–H and O–H groups in total. The van der Waals surface area contributed by atoms with Gasteiger partial charge in [0, 0.05) is 12.6 Å². The predicted octanol–water partition coefficient (Wildman–Crippen LogP) is 1.77. The summed E-state index contributed by atoms with van der Waals surface area (Å²) in [4.78, 5) is 20.7. The molecule has 3 rings (SSSR count). The lowest BCUT2D eigenvalue weighted by molar-refractivity contribution is -0.120. The van der Waals surface area contributed by atoms with Gasteiger partial charge in [0.1, 0.15) is 11.2 Å². The van der Waals surface area contributed by atoms with Crippen molar-refractivity contribution < 1.29 is 4.79 Å². The van der Waals surface area contributed by atoms with Crippen LogP contribution >= 0.6 is 0 Å². The molecule has 1 atom stereocenters. The zero-order valence-corrected chi connectivity index (χ0v) is 13.0. The summed E-state index contributed by atoms with van der Waals surface area (Å²) in [6.45, 7) is 4.32. The SMILES string of the molecule is CCC(C)Cc1nc(C2(C(N)=O)CC2)n(-c2cccnc2)n1. The summed E-state index contributed by atoms with van der Waals surface area (Å²) in [5.74, 6) is 1.61. The number of primary amides is 1. The largest absolute Gasteiger partial charge is 0.369 e. The molecule has 0 aliphatic heterocycles. The lowest BCUT2D eigenvalue weighted by atomic mass is 10.0. The summed E-state index contributed by atoms with van der Waals surface area (Å²) in [7, 11) is 0. The number of carbonyl (C=O) groups is 1. The Morgan fingerprint density at radius 1 is 1.50 bits per heavy atom. The number of nitrogens with zero attached hydrogens (tertiary/aromatic N) is 4. The van der Waals surface area contributed by atoms with Crippen molar-refractivity contribution >= 4 is 5.91 Å². The molecule has 0 radical (unpaired) electrons. The van der Waals surface area contributed by atoms with E-state index in [-0.39, 0.29) is 5.91 Å². The first-order chi connectivity index (χ1) is 10.6. The monoisotopic (exact) mass is 299 g/mol. The first-order valence-corrected chi connectivity index (χ1v) is 7.73. The minimum atomic E-state index is -0.656. The number of rotatable bonds is 6. The highest BCUT2D eigenvalue weighted by Gasteiger charge is 2.54. The van der Waals surface area contributed by atoms with Crippen molar-refractivity contribution in [1.29, 1.82) is 0 Å². The standard InChI is InChI=1S/C16H21N5O/c1-3-11(2)9-13-19-15(16(6-7-16)14(17)22)21(20-13)12-5-4-8-18-10-12/h4-5,8,10-11H,3,6-7,9H2,1-2H3,(H2,17,22). The van der Waals surface area contributed by atoms with Gasteiger partial charge in [-0.25, -0.2) is 9.67 Å². The molecule has 0 aromatic carbocycles. The number of aromatic nitrogens is 4. The molecule has 1 fully saturated rings. The summed E-state index contributed by atoms with van der Waals surface area (Å²) in [6, 6.07) is 3.76. The summed E-state index contributed by atoms with van der Waals surface area (Å²) in [5.41, 5.74) is 5.77. The van der Waals surface area contributed by atoms with E-state index in [1.165, 1.54) is 0 Å². The lowest BCUT2D eigenvalue weighted by Gasteiger charge is -2.11. The van der Waals surface area contributed by atoms with Crippen molar-refractivity contribution in [1.82, 2.24) is 19.7 Å². The van der Waals surface area contributed by atoms with Crippen LogP contribution in [0.5, 0.6) is 0 Å². The molecule has 6 heteroatoms. The zero-order valence-electron chi connectivity index (χ0n) is 13.0. The molecular weight excluding hydrogens is 278 g/mol. The molecule has 0 spiro atoms. The van der Waals surface area contributed by atoms with Crippen molar-refractivity contribution in [3.8, 4) is 5.69 Å². The van der Waals surface area contributed by atoms with Crippen LogP contribution in [0.15, 0.2) is 24.5 Å². The van der Waals surface area contributed by atoms with Crippen LogP contribution in [0.25, 0.3) is 5.69 Å². The molecule has 1 aliphatic carbocycles. The minimum absolute atomic E-state index is 0.319. The van der Waals surface area contributed by atoms with Crippen LogP contribution in [-0.4, -0.2) is 25.7 Å². The Morgan fingerprint density at radius 2 is 2.27 bits per heavy atom. The van der Waals surface area contributed by atoms with Crippen molar-refractivity contribution in [3.05, 3.63) is 36.2 Å². The van der Waals surface area contributed by atoms with Gasteiger partial charge in [-0.15, -0.1) is 0 Å². The van der Waals surface area contributed by atoms with Crippen LogP contribution in [0.2, 0.25) is 0 Å². The number of pyridine rings is 1. The minimum Gasteiger partial charge on any atom is -0.369 e. The smallest absolute Gasteiger partial charge is 0.231 e. The second kappa shape index (κ2) is 5.51. The van der Waals surface area contributed by atoms with E-state index in [1.54, 1.807) is 17.1 Å². The maximum absolute atomic E-state index is 11.9. The molecule has 1 aliphatic rings. The van der Waals surface area contributed by atoms with Gasteiger partial charge >= 0.3 is 0 Å². The van der Waals surface area contributed by atoms with Crippen molar-refractivity contribution in [2.75, 3.05) is 0 Å². The van der Waals surface area contributed by atoms with E-state index in [4.69, 9.17) is 5.73 Å². The maximum atomic E-state index is 11.9. The van der Waals surface area contributed by atoms with E-state index >= 15 is 0 Å². The Bertz CT molecular complexity index is 675. The fourth-order valence-corrected chi connectivity index (χ4v) is 2.57. The van der Waals surface area contributed by atoms with Gasteiger partial charge in [-0.2, -0.15) is 5.10 Å². The third-order valence-electron chi connectivity index (χ3n) is 4.42. The summed E-state index contributed by atoms with van der Waals surface area (Å²) in [6.07, 6.45) is 6.78. The van der Waals surface area contributed by atoms with Crippen LogP contribution in [0.4, 0.5) is 0 Å². The number of hydrogen-bond donors (Lipinski definition) is 1. The second-order valence-corrected chi connectivity index (χ2v) is 6.14. The average molecular weight is 299 g/mol. The molecule has 2 aromatic heterocycles. The van der Waals surface area contributed by atoms with Gasteiger partial charge in [0.05, 0.1) is 11.9 Å². The first-order valence-electron chi connectivity index (χ1n) is 7.73. The van der Waals surface area contributed by atoms with Crippen molar-refractivity contribution in [3.63, 3.8) is 0 Å². The van der Waals surface area contributed by atoms with Crippen molar-refractivity contribution in [2.45, 2.75) is 44.9 Å². The van der Waals surface area contributed by atoms with Gasteiger partial charge in [-0.05, 0) is 30.9 Å². The Morgan fingerprint density at radius 3 is 2.82 bits per heavy atom. The third-order valence-corrected chi connectivity index (χ3v) is 4.42. The van der Waals surface area contributed by atoms with E-state index in [2.05, 4.69) is 28.9 Å². The van der Waals surface area contributed by atoms with E-state index < -0.39 is 5.41 Å². The highest BCUT2D eigenvalue weighted by Crippen LogP contribution is 2.47. The number of hydrogen-bond acceptors (Lipinski definition) is 4. The van der Waals surface area contributed by atoms with Gasteiger partial charge in [0.25, 0.3) is 0 Å². The Hall–Kier alpha value is -2.24. The van der Waals surface area contributed by atoms with E-state index in [0.717, 1.165) is 37.2 Å². The Kier molecular flexibility index (Phi) is 3.68. The number of amides is 1. The molecule has 2 heterocycles. The highest BCUT2D eigenvalue weighted by atomic mass is 16.1. The third kappa shape index (κ3) is 2.49. The summed E-state index contributed by atoms with van der Waals surface area (Å²) < 4.78 is 1.74. The Labute approximate surface area is 129 Å². The predicted molar refractivity (Wildman–Crippen MR) is 82.4 cm³/mol. The molecule has 0 bridgehead atoms. The lowest BCUT2D eigenvalue weighted by Crippen LogP contribution is -2.31. The van der Waals surface area contributed by atoms with Gasteiger partial charge in [0.2, 0.25) is 5.91 Å². The van der Waals surface area contributed by atoms with E-state index in [0.29, 0.717) is 11.7 Å². The number of nitrogens with two attached hydrogens (primary N) is 1. The summed E-state index contributed by atoms with van der Waals surface area (Å²) in [5, 5.41) is 4.61. The average Bonchev–Trinajstić information content (AvgIpc) is 3.24. The van der Waals surface area contributed by atoms with Crippen LogP contribution in [0, 0.1) is 5.92 Å². The van der Waals surface area contributed by atoms with Crippen LogP contribution in [0.3, 0.4) is 0 Å².